The van der Waals surface area contributed by atoms with Crippen LogP contribution in [-0.4, -0.2) is 12.4 Å². The van der Waals surface area contributed by atoms with Crippen LogP contribution in [0.15, 0.2) is 18.2 Å². The Morgan fingerprint density at radius 1 is 1.50 bits per heavy atom. The fourth-order valence-corrected chi connectivity index (χ4v) is 1.12. The lowest BCUT2D eigenvalue weighted by molar-refractivity contribution is 0.107. The number of rotatable bonds is 2. The molecule has 1 aromatic carbocycles. The molecule has 0 aliphatic rings. The van der Waals surface area contributed by atoms with E-state index in [0.717, 1.165) is 5.56 Å². The monoisotopic (exact) mass is 184 g/mol. The maximum absolute atomic E-state index is 10.9. The molecule has 3 heteroatoms. The van der Waals surface area contributed by atoms with Crippen molar-refractivity contribution >= 4 is 16.8 Å². The van der Waals surface area contributed by atoms with Gasteiger partial charge in [0, 0.05) is 0 Å². The zero-order valence-corrected chi connectivity index (χ0v) is 7.68. The summed E-state index contributed by atoms with van der Waals surface area (Å²) >= 11 is 5.34. The van der Waals surface area contributed by atoms with E-state index in [4.69, 9.17) is 16.3 Å². The molecule has 0 saturated carbocycles. The van der Waals surface area contributed by atoms with Gasteiger partial charge in [0.1, 0.15) is 5.75 Å². The van der Waals surface area contributed by atoms with Gasteiger partial charge in [-0.1, -0.05) is 11.6 Å². The molecular weight excluding hydrogens is 176 g/mol. The van der Waals surface area contributed by atoms with Gasteiger partial charge in [-0.25, -0.2) is 0 Å². The van der Waals surface area contributed by atoms with Crippen LogP contribution in [0.5, 0.6) is 5.75 Å². The smallest absolute Gasteiger partial charge is 0.256 e. The van der Waals surface area contributed by atoms with E-state index in [0.29, 0.717) is 11.3 Å². The van der Waals surface area contributed by atoms with E-state index >= 15 is 0 Å². The molecule has 0 amide bonds. The number of methoxy groups -OCH3 is 1. The molecule has 0 aliphatic heterocycles. The first-order valence-corrected chi connectivity index (χ1v) is 3.87. The number of aryl methyl sites for hydroxylation is 1. The highest BCUT2D eigenvalue weighted by atomic mass is 35.5. The Hall–Kier alpha value is -1.02. The quantitative estimate of drug-likeness (QED) is 0.660. The molecule has 0 bridgehead atoms. The van der Waals surface area contributed by atoms with Crippen LogP contribution >= 0.6 is 11.6 Å². The number of halogens is 1. The normalized spacial score (nSPS) is 9.58. The first kappa shape index (κ1) is 9.07. The van der Waals surface area contributed by atoms with E-state index in [1.165, 1.54) is 7.11 Å². The molecule has 0 fully saturated rings. The second kappa shape index (κ2) is 3.59. The molecule has 0 aliphatic carbocycles. The van der Waals surface area contributed by atoms with E-state index in [-0.39, 0.29) is 0 Å². The van der Waals surface area contributed by atoms with Crippen LogP contribution in [0, 0.1) is 6.92 Å². The molecule has 1 rings (SSSR count). The summed E-state index contributed by atoms with van der Waals surface area (Å²) in [6.45, 7) is 1.89. The molecule has 64 valence electrons. The summed E-state index contributed by atoms with van der Waals surface area (Å²) in [5, 5.41) is -0.490. The lowest BCUT2D eigenvalue weighted by Gasteiger charge is -2.04. The Kier molecular flexibility index (Phi) is 2.71. The van der Waals surface area contributed by atoms with Crippen LogP contribution in [0.25, 0.3) is 0 Å². The number of hydrogen-bond acceptors (Lipinski definition) is 2. The third kappa shape index (κ3) is 1.77. The van der Waals surface area contributed by atoms with Crippen molar-refractivity contribution in [1.82, 2.24) is 0 Å². The summed E-state index contributed by atoms with van der Waals surface area (Å²) < 4.78 is 4.96. The van der Waals surface area contributed by atoms with Crippen molar-refractivity contribution in [3.05, 3.63) is 29.3 Å². The molecule has 12 heavy (non-hydrogen) atoms. The highest BCUT2D eigenvalue weighted by molar-refractivity contribution is 6.68. The molecule has 0 unspecified atom stereocenters. The van der Waals surface area contributed by atoms with Gasteiger partial charge in [0.2, 0.25) is 0 Å². The van der Waals surface area contributed by atoms with Crippen molar-refractivity contribution in [3.8, 4) is 5.75 Å². The number of benzene rings is 1. The molecule has 1 aromatic rings. The zero-order chi connectivity index (χ0) is 9.14. The van der Waals surface area contributed by atoms with E-state index in [1.807, 2.05) is 13.0 Å². The number of carbonyl (C=O) groups is 1. The van der Waals surface area contributed by atoms with E-state index in [2.05, 4.69) is 0 Å². The second-order valence-corrected chi connectivity index (χ2v) is 2.82. The Bertz CT molecular complexity index is 307. The third-order valence-corrected chi connectivity index (χ3v) is 1.77. The highest BCUT2D eigenvalue weighted by Gasteiger charge is 2.08. The predicted octanol–water partition coefficient (Wildman–Crippen LogP) is 2.38. The van der Waals surface area contributed by atoms with Crippen LogP contribution in [0.3, 0.4) is 0 Å². The first-order valence-electron chi connectivity index (χ1n) is 3.49. The largest absolute Gasteiger partial charge is 0.496 e. The van der Waals surface area contributed by atoms with Gasteiger partial charge < -0.3 is 4.74 Å². The minimum absolute atomic E-state index is 0.416. The van der Waals surface area contributed by atoms with E-state index in [9.17, 15) is 4.79 Å². The molecule has 0 atom stereocenters. The van der Waals surface area contributed by atoms with Crippen LogP contribution in [0.2, 0.25) is 0 Å². The molecule has 0 aromatic heterocycles. The maximum atomic E-state index is 10.9. The molecule has 0 N–H and O–H groups in total. The lowest BCUT2D eigenvalue weighted by Crippen LogP contribution is -1.95. The van der Waals surface area contributed by atoms with Crippen LogP contribution < -0.4 is 4.74 Å². The van der Waals surface area contributed by atoms with Crippen molar-refractivity contribution in [2.24, 2.45) is 0 Å². The van der Waals surface area contributed by atoms with Crippen molar-refractivity contribution in [1.29, 1.82) is 0 Å². The summed E-state index contributed by atoms with van der Waals surface area (Å²) in [6, 6.07) is 5.29. The Morgan fingerprint density at radius 3 is 2.67 bits per heavy atom. The summed E-state index contributed by atoms with van der Waals surface area (Å²) in [5.41, 5.74) is 1.40. The number of carbonyl (C=O) groups excluding carboxylic acids is 1. The van der Waals surface area contributed by atoms with Gasteiger partial charge in [-0.3, -0.25) is 4.79 Å². The van der Waals surface area contributed by atoms with Crippen LogP contribution in [-0.2, 0) is 0 Å². The summed E-state index contributed by atoms with van der Waals surface area (Å²) in [5.74, 6) is 0.514. The molecule has 0 radical (unpaired) electrons. The standard InChI is InChI=1S/C9H9ClO2/c1-6-3-4-8(12-2)7(5-6)9(10)11/h3-5H,1-2H3. The fourth-order valence-electron chi connectivity index (χ4n) is 0.975. The topological polar surface area (TPSA) is 26.3 Å². The Labute approximate surface area is 76.1 Å². The van der Waals surface area contributed by atoms with Gasteiger partial charge in [0.25, 0.3) is 5.24 Å². The van der Waals surface area contributed by atoms with Gasteiger partial charge >= 0.3 is 0 Å². The molecule has 0 saturated heterocycles. The fraction of sp³-hybridized carbons (Fsp3) is 0.222. The molecule has 0 heterocycles. The maximum Gasteiger partial charge on any atom is 0.256 e. The summed E-state index contributed by atoms with van der Waals surface area (Å²) in [4.78, 5) is 10.9. The van der Waals surface area contributed by atoms with E-state index < -0.39 is 5.24 Å². The molecular formula is C9H9ClO2. The van der Waals surface area contributed by atoms with Crippen LogP contribution in [0.1, 0.15) is 15.9 Å². The van der Waals surface area contributed by atoms with Crippen LogP contribution in [0.4, 0.5) is 0 Å². The van der Waals surface area contributed by atoms with E-state index in [1.54, 1.807) is 12.1 Å². The average molecular weight is 185 g/mol. The van der Waals surface area contributed by atoms with Crippen molar-refractivity contribution in [2.45, 2.75) is 6.92 Å². The van der Waals surface area contributed by atoms with Crippen molar-refractivity contribution < 1.29 is 9.53 Å². The Balaban J connectivity index is 3.21. The SMILES string of the molecule is COc1ccc(C)cc1C(=O)Cl. The van der Waals surface area contributed by atoms with Gasteiger partial charge in [-0.15, -0.1) is 0 Å². The van der Waals surface area contributed by atoms with Gasteiger partial charge in [0.15, 0.2) is 0 Å². The Morgan fingerprint density at radius 2 is 2.17 bits per heavy atom. The number of ether oxygens (including phenoxy) is 1. The molecule has 2 nitrogen and oxygen atoms in total. The number of hydrogen-bond donors (Lipinski definition) is 0. The van der Waals surface area contributed by atoms with Gasteiger partial charge in [-0.2, -0.15) is 0 Å². The second-order valence-electron chi connectivity index (χ2n) is 2.48. The molecule has 0 spiro atoms. The van der Waals surface area contributed by atoms with Gasteiger partial charge in [-0.05, 0) is 30.7 Å². The third-order valence-electron chi connectivity index (χ3n) is 1.57. The van der Waals surface area contributed by atoms with Gasteiger partial charge in [0.05, 0.1) is 12.7 Å². The highest BCUT2D eigenvalue weighted by Crippen LogP contribution is 2.20. The zero-order valence-electron chi connectivity index (χ0n) is 6.93. The summed E-state index contributed by atoms with van der Waals surface area (Å²) in [6.07, 6.45) is 0. The minimum atomic E-state index is -0.490. The average Bonchev–Trinajstić information content (AvgIpc) is 2.04. The first-order chi connectivity index (χ1) is 5.65. The lowest BCUT2D eigenvalue weighted by atomic mass is 10.1. The van der Waals surface area contributed by atoms with Crippen molar-refractivity contribution in [2.75, 3.05) is 7.11 Å². The predicted molar refractivity (Wildman–Crippen MR) is 47.9 cm³/mol. The van der Waals surface area contributed by atoms with Crippen molar-refractivity contribution in [3.63, 3.8) is 0 Å². The summed E-state index contributed by atoms with van der Waals surface area (Å²) in [7, 11) is 1.51. The minimum Gasteiger partial charge on any atom is -0.496 e.